The zero-order valence-electron chi connectivity index (χ0n) is 14.5. The largest absolute Gasteiger partial charge is 0.472 e. The van der Waals surface area contributed by atoms with E-state index in [0.717, 1.165) is 0 Å². The van der Waals surface area contributed by atoms with Gasteiger partial charge in [-0.25, -0.2) is 4.57 Å². The first-order chi connectivity index (χ1) is 10.2. The molecule has 0 aromatic carbocycles. The molecule has 1 unspecified atom stereocenters. The predicted molar refractivity (Wildman–Crippen MR) is 81.4 cm³/mol. The molecule has 0 rings (SSSR count). The Kier molecular flexibility index (Phi) is 8.37. The normalized spacial score (nSPS) is 17.0. The SMILES string of the molecule is CC(=O)OC[C@](C)(COP(=O)(O)OCC[N+](C)(C)C)OC(C)=O. The van der Waals surface area contributed by atoms with Crippen molar-refractivity contribution in [1.29, 1.82) is 0 Å². The molecule has 0 aliphatic heterocycles. The van der Waals surface area contributed by atoms with E-state index in [9.17, 15) is 19.0 Å². The zero-order chi connectivity index (χ0) is 18.3. The molecule has 0 spiro atoms. The highest BCUT2D eigenvalue weighted by Gasteiger charge is 2.34. The Morgan fingerprint density at radius 2 is 1.65 bits per heavy atom. The number of hydrogen-bond acceptors (Lipinski definition) is 7. The summed E-state index contributed by atoms with van der Waals surface area (Å²) in [5, 5.41) is 0. The maximum atomic E-state index is 11.8. The molecule has 0 heterocycles. The molecule has 23 heavy (non-hydrogen) atoms. The number of phosphoric ester groups is 1. The molecule has 136 valence electrons. The average Bonchev–Trinajstić information content (AvgIpc) is 2.32. The minimum atomic E-state index is -4.31. The van der Waals surface area contributed by atoms with Gasteiger partial charge in [0.1, 0.15) is 26.4 Å². The van der Waals surface area contributed by atoms with Crippen LogP contribution in [-0.4, -0.2) is 74.4 Å². The van der Waals surface area contributed by atoms with Crippen molar-refractivity contribution in [2.45, 2.75) is 26.4 Å². The van der Waals surface area contributed by atoms with E-state index >= 15 is 0 Å². The summed E-state index contributed by atoms with van der Waals surface area (Å²) in [6.45, 7) is 3.54. The van der Waals surface area contributed by atoms with Gasteiger partial charge in [0.25, 0.3) is 0 Å². The topological polar surface area (TPSA) is 108 Å². The van der Waals surface area contributed by atoms with E-state index < -0.39 is 32.0 Å². The molecule has 1 N–H and O–H groups in total. The molecule has 10 heteroatoms. The summed E-state index contributed by atoms with van der Waals surface area (Å²) >= 11 is 0. The van der Waals surface area contributed by atoms with Crippen LogP contribution >= 0.6 is 7.82 Å². The van der Waals surface area contributed by atoms with E-state index in [1.165, 1.54) is 20.8 Å². The van der Waals surface area contributed by atoms with Gasteiger partial charge in [-0.15, -0.1) is 0 Å². The highest BCUT2D eigenvalue weighted by molar-refractivity contribution is 7.47. The van der Waals surface area contributed by atoms with Crippen molar-refractivity contribution < 1.29 is 42.1 Å². The van der Waals surface area contributed by atoms with E-state index in [-0.39, 0.29) is 13.2 Å². The van der Waals surface area contributed by atoms with Crippen LogP contribution < -0.4 is 0 Å². The van der Waals surface area contributed by atoms with Crippen LogP contribution in [0.3, 0.4) is 0 Å². The first-order valence-corrected chi connectivity index (χ1v) is 8.49. The Hall–Kier alpha value is -0.990. The standard InChI is InChI=1S/C13H26NO8P/c1-11(15)19-9-13(3,22-12(2)16)10-21-23(17,18)20-8-7-14(4,5)6/h7-10H2,1-6H3/p+1/t13-/m1/s1. The van der Waals surface area contributed by atoms with Gasteiger partial charge in [-0.3, -0.25) is 18.6 Å². The van der Waals surface area contributed by atoms with Crippen LogP contribution in [-0.2, 0) is 32.7 Å². The molecule has 0 bridgehead atoms. The van der Waals surface area contributed by atoms with Gasteiger partial charge < -0.3 is 18.9 Å². The lowest BCUT2D eigenvalue weighted by Gasteiger charge is -2.29. The van der Waals surface area contributed by atoms with Crippen LogP contribution in [0.5, 0.6) is 0 Å². The fraction of sp³-hybridized carbons (Fsp3) is 0.846. The summed E-state index contributed by atoms with van der Waals surface area (Å²) in [5.74, 6) is -1.21. The third kappa shape index (κ3) is 12.1. The highest BCUT2D eigenvalue weighted by atomic mass is 31.2. The summed E-state index contributed by atoms with van der Waals surface area (Å²) in [6, 6.07) is 0. The molecule has 0 aliphatic rings. The van der Waals surface area contributed by atoms with Gasteiger partial charge in [0.05, 0.1) is 21.1 Å². The number of phosphoric acid groups is 1. The van der Waals surface area contributed by atoms with Crippen LogP contribution in [0.1, 0.15) is 20.8 Å². The van der Waals surface area contributed by atoms with Gasteiger partial charge in [0, 0.05) is 13.8 Å². The van der Waals surface area contributed by atoms with E-state index in [2.05, 4.69) is 0 Å². The van der Waals surface area contributed by atoms with E-state index in [1.807, 2.05) is 21.1 Å². The smallest absolute Gasteiger partial charge is 0.462 e. The molecular formula is C13H27NO8P+. The average molecular weight is 356 g/mol. The fourth-order valence-electron chi connectivity index (χ4n) is 1.39. The van der Waals surface area contributed by atoms with Gasteiger partial charge >= 0.3 is 19.8 Å². The fourth-order valence-corrected chi connectivity index (χ4v) is 2.21. The number of rotatable bonds is 10. The lowest BCUT2D eigenvalue weighted by Crippen LogP contribution is -2.41. The van der Waals surface area contributed by atoms with Gasteiger partial charge in [0.15, 0.2) is 5.60 Å². The molecule has 0 fully saturated rings. The van der Waals surface area contributed by atoms with Crippen LogP contribution in [0.4, 0.5) is 0 Å². The zero-order valence-corrected chi connectivity index (χ0v) is 15.4. The summed E-state index contributed by atoms with van der Waals surface area (Å²) in [4.78, 5) is 31.6. The van der Waals surface area contributed by atoms with Gasteiger partial charge in [0.2, 0.25) is 0 Å². The molecule has 9 nitrogen and oxygen atoms in total. The summed E-state index contributed by atoms with van der Waals surface area (Å²) in [6.07, 6.45) is 0. The first-order valence-electron chi connectivity index (χ1n) is 7.00. The lowest BCUT2D eigenvalue weighted by atomic mass is 10.1. The molecule has 0 saturated heterocycles. The van der Waals surface area contributed by atoms with Crippen molar-refractivity contribution in [3.05, 3.63) is 0 Å². The molecule has 0 aromatic rings. The number of hydrogen-bond donors (Lipinski definition) is 1. The predicted octanol–water partition coefficient (Wildman–Crippen LogP) is 0.711. The van der Waals surface area contributed by atoms with Crippen LogP contribution in [0, 0.1) is 0 Å². The summed E-state index contributed by atoms with van der Waals surface area (Å²) < 4.78 is 31.9. The molecular weight excluding hydrogens is 329 g/mol. The van der Waals surface area contributed by atoms with Crippen molar-refractivity contribution in [2.24, 2.45) is 0 Å². The monoisotopic (exact) mass is 356 g/mol. The Labute approximate surface area is 136 Å². The van der Waals surface area contributed by atoms with Crippen molar-refractivity contribution in [1.82, 2.24) is 0 Å². The van der Waals surface area contributed by atoms with Crippen LogP contribution in [0.25, 0.3) is 0 Å². The lowest BCUT2D eigenvalue weighted by molar-refractivity contribution is -0.870. The second-order valence-corrected chi connectivity index (χ2v) is 7.87. The van der Waals surface area contributed by atoms with E-state index in [4.69, 9.17) is 18.5 Å². The third-order valence-corrected chi connectivity index (χ3v) is 3.48. The second-order valence-electron chi connectivity index (χ2n) is 6.41. The second kappa shape index (κ2) is 8.75. The summed E-state index contributed by atoms with van der Waals surface area (Å²) in [5.41, 5.74) is -1.39. The number of likely N-dealkylation sites (N-methyl/N-ethyl adjacent to an activating group) is 1. The van der Waals surface area contributed by atoms with Gasteiger partial charge in [-0.1, -0.05) is 0 Å². The maximum absolute atomic E-state index is 11.8. The minimum absolute atomic E-state index is 0.0193. The first kappa shape index (κ1) is 22.0. The molecule has 0 radical (unpaired) electrons. The number of carbonyl (C=O) groups excluding carboxylic acids is 2. The third-order valence-electron chi connectivity index (χ3n) is 2.52. The van der Waals surface area contributed by atoms with Crippen LogP contribution in [0.2, 0.25) is 0 Å². The molecule has 0 aliphatic carbocycles. The van der Waals surface area contributed by atoms with Gasteiger partial charge in [-0.05, 0) is 6.92 Å². The summed E-state index contributed by atoms with van der Waals surface area (Å²) in [7, 11) is 1.41. The molecule has 0 amide bonds. The Bertz CT molecular complexity index is 461. The number of quaternary nitrogens is 1. The molecule has 2 atom stereocenters. The van der Waals surface area contributed by atoms with Crippen molar-refractivity contribution in [2.75, 3.05) is 47.5 Å². The van der Waals surface area contributed by atoms with Crippen molar-refractivity contribution in [3.8, 4) is 0 Å². The number of esters is 2. The Morgan fingerprint density at radius 1 is 1.09 bits per heavy atom. The van der Waals surface area contributed by atoms with Crippen LogP contribution in [0.15, 0.2) is 0 Å². The Morgan fingerprint density at radius 3 is 2.09 bits per heavy atom. The maximum Gasteiger partial charge on any atom is 0.472 e. The minimum Gasteiger partial charge on any atom is -0.462 e. The van der Waals surface area contributed by atoms with Crippen molar-refractivity contribution >= 4 is 19.8 Å². The molecule has 0 saturated carbocycles. The van der Waals surface area contributed by atoms with E-state index in [1.54, 1.807) is 0 Å². The number of nitrogens with zero attached hydrogens (tertiary/aromatic N) is 1. The van der Waals surface area contributed by atoms with Gasteiger partial charge in [-0.2, -0.15) is 0 Å². The quantitative estimate of drug-likeness (QED) is 0.346. The van der Waals surface area contributed by atoms with E-state index in [0.29, 0.717) is 11.0 Å². The van der Waals surface area contributed by atoms with Crippen molar-refractivity contribution in [3.63, 3.8) is 0 Å². The number of carbonyl (C=O) groups is 2. The highest BCUT2D eigenvalue weighted by Crippen LogP contribution is 2.44. The molecule has 0 aromatic heterocycles. The Balaban J connectivity index is 4.59. The number of ether oxygens (including phenoxy) is 2.